The molecule has 0 unspecified atom stereocenters. The van der Waals surface area contributed by atoms with Crippen molar-refractivity contribution in [3.63, 3.8) is 0 Å². The summed E-state index contributed by atoms with van der Waals surface area (Å²) < 4.78 is 60.9. The first-order chi connectivity index (χ1) is 6.83. The van der Waals surface area contributed by atoms with Gasteiger partial charge in [0, 0.05) is 0 Å². The van der Waals surface area contributed by atoms with Crippen molar-refractivity contribution >= 4 is 19.4 Å². The van der Waals surface area contributed by atoms with E-state index in [2.05, 4.69) is 0 Å². The van der Waals surface area contributed by atoms with Crippen LogP contribution >= 0.6 is 0 Å². The summed E-state index contributed by atoms with van der Waals surface area (Å²) >= 11 is -0.861. The third-order valence-corrected chi connectivity index (χ3v) is 3.91. The van der Waals surface area contributed by atoms with Gasteiger partial charge in [0.1, 0.15) is 0 Å². The Kier molecular flexibility index (Phi) is 3.73. The summed E-state index contributed by atoms with van der Waals surface area (Å²) in [7, 11) is 0. The molecule has 6 heteroatoms. The van der Waals surface area contributed by atoms with Crippen LogP contribution in [0.3, 0.4) is 0 Å². The first-order valence-corrected chi connectivity index (χ1v) is 6.02. The van der Waals surface area contributed by atoms with Crippen molar-refractivity contribution < 1.29 is 22.0 Å². The third-order valence-electron chi connectivity index (χ3n) is 1.58. The molecule has 1 aromatic carbocycles. The standard InChI is InChI=1S/C9H7F5Se/c10-8(11,9(12,13)14)6-15-7-4-2-1-3-5-7/h1-5H,6H2. The zero-order chi connectivity index (χ0) is 11.5. The van der Waals surface area contributed by atoms with Gasteiger partial charge in [-0.1, -0.05) is 0 Å². The van der Waals surface area contributed by atoms with Crippen molar-refractivity contribution in [3.8, 4) is 0 Å². The summed E-state index contributed by atoms with van der Waals surface area (Å²) in [4.78, 5) is 0. The first kappa shape index (κ1) is 12.5. The molecule has 0 heterocycles. The molecule has 0 aromatic heterocycles. The van der Waals surface area contributed by atoms with Gasteiger partial charge in [-0.05, 0) is 0 Å². The molecule has 0 fully saturated rings. The van der Waals surface area contributed by atoms with E-state index in [1.54, 1.807) is 30.3 Å². The van der Waals surface area contributed by atoms with Crippen LogP contribution in [-0.2, 0) is 0 Å². The Morgan fingerprint density at radius 1 is 0.933 bits per heavy atom. The van der Waals surface area contributed by atoms with E-state index in [0.717, 1.165) is 0 Å². The van der Waals surface area contributed by atoms with Gasteiger partial charge in [0.15, 0.2) is 0 Å². The molecular weight excluding hydrogens is 282 g/mol. The van der Waals surface area contributed by atoms with E-state index >= 15 is 0 Å². The monoisotopic (exact) mass is 290 g/mol. The molecule has 0 aliphatic carbocycles. The predicted molar refractivity (Wildman–Crippen MR) is 47.6 cm³/mol. The van der Waals surface area contributed by atoms with Crippen molar-refractivity contribution in [1.82, 2.24) is 0 Å². The number of rotatable bonds is 3. The average molecular weight is 289 g/mol. The van der Waals surface area contributed by atoms with Crippen LogP contribution in [0.2, 0.25) is 5.32 Å². The van der Waals surface area contributed by atoms with Crippen LogP contribution in [0.1, 0.15) is 0 Å². The fourth-order valence-corrected chi connectivity index (χ4v) is 2.58. The molecular formula is C9H7F5Se. The van der Waals surface area contributed by atoms with Gasteiger partial charge in [-0.25, -0.2) is 0 Å². The van der Waals surface area contributed by atoms with Gasteiger partial charge < -0.3 is 0 Å². The Morgan fingerprint density at radius 2 is 1.47 bits per heavy atom. The Labute approximate surface area is 89.6 Å². The van der Waals surface area contributed by atoms with Crippen molar-refractivity contribution in [2.24, 2.45) is 0 Å². The minimum absolute atomic E-state index is 0.536. The zero-order valence-electron chi connectivity index (χ0n) is 7.39. The summed E-state index contributed by atoms with van der Waals surface area (Å²) in [6, 6.07) is 8.01. The van der Waals surface area contributed by atoms with E-state index in [1.807, 2.05) is 0 Å². The van der Waals surface area contributed by atoms with Gasteiger partial charge in [0.25, 0.3) is 0 Å². The summed E-state index contributed by atoms with van der Waals surface area (Å²) in [5, 5.41) is -1.15. The van der Waals surface area contributed by atoms with Crippen molar-refractivity contribution in [2.75, 3.05) is 0 Å². The molecule has 0 amide bonds. The van der Waals surface area contributed by atoms with E-state index in [9.17, 15) is 22.0 Å². The van der Waals surface area contributed by atoms with Crippen LogP contribution in [-0.4, -0.2) is 27.1 Å². The molecule has 1 aromatic rings. The molecule has 15 heavy (non-hydrogen) atoms. The summed E-state index contributed by atoms with van der Waals surface area (Å²) in [6.45, 7) is 0. The molecule has 84 valence electrons. The molecule has 0 spiro atoms. The molecule has 0 atom stereocenters. The molecule has 0 bridgehead atoms. The number of alkyl halides is 5. The quantitative estimate of drug-likeness (QED) is 0.593. The normalized spacial score (nSPS) is 12.9. The van der Waals surface area contributed by atoms with Gasteiger partial charge >= 0.3 is 89.1 Å². The van der Waals surface area contributed by atoms with E-state index < -0.39 is 32.4 Å². The molecule has 0 aliphatic rings. The van der Waals surface area contributed by atoms with E-state index in [-0.39, 0.29) is 0 Å². The second-order valence-corrected chi connectivity index (χ2v) is 5.00. The molecule has 1 rings (SSSR count). The third kappa shape index (κ3) is 3.46. The van der Waals surface area contributed by atoms with Crippen LogP contribution < -0.4 is 4.46 Å². The average Bonchev–Trinajstić information content (AvgIpc) is 2.15. The van der Waals surface area contributed by atoms with Gasteiger partial charge in [-0.2, -0.15) is 0 Å². The second-order valence-electron chi connectivity index (χ2n) is 2.80. The van der Waals surface area contributed by atoms with Crippen molar-refractivity contribution in [1.29, 1.82) is 0 Å². The minimum atomic E-state index is -5.44. The first-order valence-electron chi connectivity index (χ1n) is 3.95. The van der Waals surface area contributed by atoms with Crippen LogP contribution in [0, 0.1) is 0 Å². The summed E-state index contributed by atoms with van der Waals surface area (Å²) in [5.41, 5.74) is 0. The van der Waals surface area contributed by atoms with Gasteiger partial charge in [-0.15, -0.1) is 0 Å². The molecule has 0 aliphatic heterocycles. The Hall–Kier alpha value is -0.611. The molecule has 0 nitrogen and oxygen atoms in total. The van der Waals surface area contributed by atoms with Gasteiger partial charge in [0.05, 0.1) is 0 Å². The Bertz CT molecular complexity index is 306. The maximum atomic E-state index is 12.5. The van der Waals surface area contributed by atoms with Crippen LogP contribution in [0.4, 0.5) is 22.0 Å². The van der Waals surface area contributed by atoms with Crippen molar-refractivity contribution in [2.45, 2.75) is 17.4 Å². The molecule has 0 saturated carbocycles. The zero-order valence-corrected chi connectivity index (χ0v) is 9.11. The number of halogens is 5. The molecule has 0 saturated heterocycles. The Morgan fingerprint density at radius 3 is 1.93 bits per heavy atom. The van der Waals surface area contributed by atoms with Gasteiger partial charge in [-0.3, -0.25) is 0 Å². The summed E-state index contributed by atoms with van der Waals surface area (Å²) in [5.74, 6) is -4.58. The molecule has 0 N–H and O–H groups in total. The number of benzene rings is 1. The SMILES string of the molecule is FC(F)(F)C(F)(F)C[Se]c1ccccc1. The number of hydrogen-bond acceptors (Lipinski definition) is 0. The molecule has 0 radical (unpaired) electrons. The van der Waals surface area contributed by atoms with Crippen LogP contribution in [0.5, 0.6) is 0 Å². The van der Waals surface area contributed by atoms with Gasteiger partial charge in [0.2, 0.25) is 0 Å². The summed E-state index contributed by atoms with van der Waals surface area (Å²) in [6.07, 6.45) is -5.44. The fourth-order valence-electron chi connectivity index (χ4n) is 0.773. The van der Waals surface area contributed by atoms with Crippen LogP contribution in [0.25, 0.3) is 0 Å². The van der Waals surface area contributed by atoms with E-state index in [1.165, 1.54) is 0 Å². The predicted octanol–water partition coefficient (Wildman–Crippen LogP) is 2.63. The Balaban J connectivity index is 2.58. The van der Waals surface area contributed by atoms with E-state index in [4.69, 9.17) is 0 Å². The second kappa shape index (κ2) is 4.49. The fraction of sp³-hybridized carbons (Fsp3) is 0.333. The number of hydrogen-bond donors (Lipinski definition) is 0. The van der Waals surface area contributed by atoms with Crippen LogP contribution in [0.15, 0.2) is 30.3 Å². The van der Waals surface area contributed by atoms with E-state index in [0.29, 0.717) is 4.46 Å². The van der Waals surface area contributed by atoms with Crippen molar-refractivity contribution in [3.05, 3.63) is 30.3 Å². The topological polar surface area (TPSA) is 0 Å². The maximum absolute atomic E-state index is 12.5.